The van der Waals surface area contributed by atoms with Crippen molar-refractivity contribution < 1.29 is 9.53 Å². The molecule has 1 aliphatic heterocycles. The fourth-order valence-corrected chi connectivity index (χ4v) is 3.10. The molecule has 5 heteroatoms. The largest absolute Gasteiger partial charge is 0.385 e. The Hall–Kier alpha value is -1.36. The molecule has 0 radical (unpaired) electrons. The summed E-state index contributed by atoms with van der Waals surface area (Å²) in [6.07, 6.45) is 4.53. The maximum Gasteiger partial charge on any atom is 0.274 e. The summed E-state index contributed by atoms with van der Waals surface area (Å²) >= 11 is 0. The number of carbonyl (C=O) groups is 1. The van der Waals surface area contributed by atoms with Crippen LogP contribution in [0.25, 0.3) is 0 Å². The maximum atomic E-state index is 12.6. The van der Waals surface area contributed by atoms with Crippen LogP contribution in [0.5, 0.6) is 0 Å². The fraction of sp³-hybridized carbons (Fsp3) is 0.750. The van der Waals surface area contributed by atoms with Gasteiger partial charge in [-0.05, 0) is 51.5 Å². The van der Waals surface area contributed by atoms with Gasteiger partial charge in [0.2, 0.25) is 0 Å². The Labute approximate surface area is 127 Å². The average Bonchev–Trinajstić information content (AvgIpc) is 2.88. The summed E-state index contributed by atoms with van der Waals surface area (Å²) in [5, 5.41) is 4.41. The minimum Gasteiger partial charge on any atom is -0.385 e. The van der Waals surface area contributed by atoms with Crippen molar-refractivity contribution in [1.29, 1.82) is 0 Å². The van der Waals surface area contributed by atoms with E-state index in [1.807, 2.05) is 29.5 Å². The van der Waals surface area contributed by atoms with E-state index in [1.54, 1.807) is 7.11 Å². The predicted molar refractivity (Wildman–Crippen MR) is 82.4 cm³/mol. The van der Waals surface area contributed by atoms with Gasteiger partial charge in [-0.1, -0.05) is 0 Å². The van der Waals surface area contributed by atoms with Gasteiger partial charge in [-0.15, -0.1) is 0 Å². The zero-order valence-electron chi connectivity index (χ0n) is 13.5. The smallest absolute Gasteiger partial charge is 0.274 e. The van der Waals surface area contributed by atoms with Crippen molar-refractivity contribution in [3.05, 3.63) is 17.5 Å². The molecule has 1 aromatic rings. The third kappa shape index (κ3) is 4.06. The van der Waals surface area contributed by atoms with Gasteiger partial charge >= 0.3 is 0 Å². The summed E-state index contributed by atoms with van der Waals surface area (Å²) in [5.74, 6) is 0.689. The number of hydrogen-bond acceptors (Lipinski definition) is 3. The van der Waals surface area contributed by atoms with E-state index in [0.29, 0.717) is 11.6 Å². The number of rotatable bonds is 6. The first kappa shape index (κ1) is 16.0. The van der Waals surface area contributed by atoms with Crippen LogP contribution in [0.15, 0.2) is 6.07 Å². The van der Waals surface area contributed by atoms with E-state index in [-0.39, 0.29) is 5.91 Å². The number of methoxy groups -OCH3 is 1. The molecule has 0 aromatic carbocycles. The predicted octanol–water partition coefficient (Wildman–Crippen LogP) is 2.49. The normalized spacial score (nSPS) is 19.0. The van der Waals surface area contributed by atoms with Crippen LogP contribution in [0.2, 0.25) is 0 Å². The molecule has 0 N–H and O–H groups in total. The van der Waals surface area contributed by atoms with Gasteiger partial charge in [-0.2, -0.15) is 5.10 Å². The Morgan fingerprint density at radius 3 is 3.00 bits per heavy atom. The summed E-state index contributed by atoms with van der Waals surface area (Å²) in [4.78, 5) is 14.6. The van der Waals surface area contributed by atoms with Gasteiger partial charge in [-0.25, -0.2) is 0 Å². The minimum absolute atomic E-state index is 0.0849. The standard InChI is InChI=1S/C16H27N3O2/c1-4-19-13(2)11-15(17-19)16(20)18-9-5-7-14(12-18)8-6-10-21-3/h11,14H,4-10,12H2,1-3H3/t14-/m0/s1. The summed E-state index contributed by atoms with van der Waals surface area (Å²) in [5.41, 5.74) is 1.64. The molecular formula is C16H27N3O2. The molecule has 1 saturated heterocycles. The number of piperidine rings is 1. The highest BCUT2D eigenvalue weighted by Crippen LogP contribution is 2.22. The van der Waals surface area contributed by atoms with Gasteiger partial charge in [0.05, 0.1) is 0 Å². The first-order valence-corrected chi connectivity index (χ1v) is 7.98. The molecule has 0 bridgehead atoms. The summed E-state index contributed by atoms with van der Waals surface area (Å²) < 4.78 is 6.99. The van der Waals surface area contributed by atoms with Gasteiger partial charge in [0, 0.05) is 39.0 Å². The van der Waals surface area contributed by atoms with Gasteiger partial charge in [-0.3, -0.25) is 9.48 Å². The molecule has 1 fully saturated rings. The number of hydrogen-bond donors (Lipinski definition) is 0. The average molecular weight is 293 g/mol. The molecule has 0 unspecified atom stereocenters. The number of aryl methyl sites for hydroxylation is 2. The highest BCUT2D eigenvalue weighted by Gasteiger charge is 2.25. The molecule has 0 saturated carbocycles. The molecule has 1 atom stereocenters. The van der Waals surface area contributed by atoms with E-state index in [2.05, 4.69) is 5.10 Å². The number of aromatic nitrogens is 2. The second-order valence-electron chi connectivity index (χ2n) is 5.88. The zero-order chi connectivity index (χ0) is 15.2. The number of likely N-dealkylation sites (tertiary alicyclic amines) is 1. The first-order chi connectivity index (χ1) is 10.2. The van der Waals surface area contributed by atoms with Gasteiger partial charge in [0.15, 0.2) is 5.69 Å². The van der Waals surface area contributed by atoms with E-state index in [1.165, 1.54) is 6.42 Å². The van der Waals surface area contributed by atoms with Crippen molar-refractivity contribution in [2.24, 2.45) is 5.92 Å². The van der Waals surface area contributed by atoms with Crippen LogP contribution in [0.1, 0.15) is 48.8 Å². The van der Waals surface area contributed by atoms with Crippen molar-refractivity contribution in [3.8, 4) is 0 Å². The third-order valence-electron chi connectivity index (χ3n) is 4.27. The monoisotopic (exact) mass is 293 g/mol. The van der Waals surface area contributed by atoms with Crippen molar-refractivity contribution in [2.45, 2.75) is 46.1 Å². The molecule has 1 aromatic heterocycles. The summed E-state index contributed by atoms with van der Waals surface area (Å²) in [6.45, 7) is 7.37. The molecule has 5 nitrogen and oxygen atoms in total. The second kappa shape index (κ2) is 7.59. The SMILES string of the molecule is CCn1nc(C(=O)N2CCC[C@@H](CCCOC)C2)cc1C. The molecular weight excluding hydrogens is 266 g/mol. The molecule has 0 spiro atoms. The lowest BCUT2D eigenvalue weighted by atomic mass is 9.93. The summed E-state index contributed by atoms with van der Waals surface area (Å²) in [6, 6.07) is 1.90. The molecule has 1 amide bonds. The van der Waals surface area contributed by atoms with Gasteiger partial charge in [0.25, 0.3) is 5.91 Å². The summed E-state index contributed by atoms with van der Waals surface area (Å²) in [7, 11) is 1.74. The van der Waals surface area contributed by atoms with Crippen molar-refractivity contribution in [3.63, 3.8) is 0 Å². The second-order valence-corrected chi connectivity index (χ2v) is 5.88. The Bertz CT molecular complexity index is 470. The highest BCUT2D eigenvalue weighted by molar-refractivity contribution is 5.92. The van der Waals surface area contributed by atoms with Crippen molar-refractivity contribution in [2.75, 3.05) is 26.8 Å². The molecule has 21 heavy (non-hydrogen) atoms. The van der Waals surface area contributed by atoms with E-state index in [4.69, 9.17) is 4.74 Å². The highest BCUT2D eigenvalue weighted by atomic mass is 16.5. The lowest BCUT2D eigenvalue weighted by Gasteiger charge is -2.32. The van der Waals surface area contributed by atoms with Crippen LogP contribution in [0.4, 0.5) is 0 Å². The van der Waals surface area contributed by atoms with Crippen LogP contribution in [0, 0.1) is 12.8 Å². The molecule has 118 valence electrons. The van der Waals surface area contributed by atoms with Crippen LogP contribution < -0.4 is 0 Å². The molecule has 1 aliphatic rings. The Morgan fingerprint density at radius 2 is 2.33 bits per heavy atom. The lowest BCUT2D eigenvalue weighted by molar-refractivity contribution is 0.0653. The minimum atomic E-state index is 0.0849. The van der Waals surface area contributed by atoms with Crippen LogP contribution in [-0.4, -0.2) is 47.4 Å². The quantitative estimate of drug-likeness (QED) is 0.757. The van der Waals surface area contributed by atoms with E-state index in [9.17, 15) is 4.79 Å². The lowest BCUT2D eigenvalue weighted by Crippen LogP contribution is -2.40. The van der Waals surface area contributed by atoms with E-state index < -0.39 is 0 Å². The van der Waals surface area contributed by atoms with E-state index in [0.717, 1.165) is 51.2 Å². The molecule has 0 aliphatic carbocycles. The Kier molecular flexibility index (Phi) is 5.79. The number of ether oxygens (including phenoxy) is 1. The van der Waals surface area contributed by atoms with Crippen LogP contribution in [-0.2, 0) is 11.3 Å². The van der Waals surface area contributed by atoms with Crippen molar-refractivity contribution in [1.82, 2.24) is 14.7 Å². The van der Waals surface area contributed by atoms with Gasteiger partial charge in [0.1, 0.15) is 0 Å². The third-order valence-corrected chi connectivity index (χ3v) is 4.27. The maximum absolute atomic E-state index is 12.6. The molecule has 2 rings (SSSR count). The number of carbonyl (C=O) groups excluding carboxylic acids is 1. The Balaban J connectivity index is 1.94. The fourth-order valence-electron chi connectivity index (χ4n) is 3.10. The van der Waals surface area contributed by atoms with Crippen LogP contribution >= 0.6 is 0 Å². The van der Waals surface area contributed by atoms with E-state index >= 15 is 0 Å². The number of amides is 1. The van der Waals surface area contributed by atoms with Crippen molar-refractivity contribution >= 4 is 5.91 Å². The zero-order valence-corrected chi connectivity index (χ0v) is 13.5. The number of nitrogens with zero attached hydrogens (tertiary/aromatic N) is 3. The van der Waals surface area contributed by atoms with Crippen LogP contribution in [0.3, 0.4) is 0 Å². The topological polar surface area (TPSA) is 47.4 Å². The molecule has 2 heterocycles. The van der Waals surface area contributed by atoms with Gasteiger partial charge < -0.3 is 9.64 Å². The first-order valence-electron chi connectivity index (χ1n) is 7.98. The Morgan fingerprint density at radius 1 is 1.52 bits per heavy atom.